The zero-order chi connectivity index (χ0) is 19.5. The summed E-state index contributed by atoms with van der Waals surface area (Å²) in [6.07, 6.45) is 4.76. The molecule has 2 aromatic carbocycles. The van der Waals surface area contributed by atoms with Crippen LogP contribution in [-0.2, 0) is 13.6 Å². The van der Waals surface area contributed by atoms with Crippen LogP contribution < -0.4 is 10.5 Å². The Morgan fingerprint density at radius 1 is 1.03 bits per heavy atom. The molecule has 0 radical (unpaired) electrons. The Balaban J connectivity index is 1.59. The van der Waals surface area contributed by atoms with E-state index in [1.54, 1.807) is 4.68 Å². The van der Waals surface area contributed by atoms with Gasteiger partial charge in [-0.1, -0.05) is 0 Å². The van der Waals surface area contributed by atoms with E-state index in [0.29, 0.717) is 12.2 Å². The Labute approximate surface area is 165 Å². The van der Waals surface area contributed by atoms with Crippen molar-refractivity contribution < 1.29 is 9.15 Å². The van der Waals surface area contributed by atoms with E-state index in [9.17, 15) is 0 Å². The zero-order valence-corrected chi connectivity index (χ0v) is 15.8. The van der Waals surface area contributed by atoms with Gasteiger partial charge < -0.3 is 19.5 Å². The second-order valence-electron chi connectivity index (χ2n) is 7.27. The van der Waals surface area contributed by atoms with Gasteiger partial charge in [-0.2, -0.15) is 10.1 Å². The second kappa shape index (κ2) is 5.84. The number of imidazole rings is 1. The van der Waals surface area contributed by atoms with Gasteiger partial charge in [-0.05, 0) is 42.3 Å². The first kappa shape index (κ1) is 16.2. The SMILES string of the molecule is Cn1cc(-c2cc3c4c(c2)nc(-c2ccc5oc(N)nc5c2)n4CCCO3)cn1. The molecule has 8 heteroatoms. The summed E-state index contributed by atoms with van der Waals surface area (Å²) in [7, 11) is 1.91. The largest absolute Gasteiger partial charge is 0.491 e. The Hall–Kier alpha value is -3.81. The zero-order valence-electron chi connectivity index (χ0n) is 15.8. The maximum atomic E-state index is 6.08. The van der Waals surface area contributed by atoms with Crippen LogP contribution in [0.1, 0.15) is 6.42 Å². The molecule has 1 aliphatic rings. The molecule has 6 rings (SSSR count). The molecule has 29 heavy (non-hydrogen) atoms. The number of aromatic nitrogens is 5. The fourth-order valence-corrected chi connectivity index (χ4v) is 4.00. The summed E-state index contributed by atoms with van der Waals surface area (Å²) in [6.45, 7) is 1.51. The average Bonchev–Trinajstić information content (AvgIpc) is 3.35. The smallest absolute Gasteiger partial charge is 0.292 e. The van der Waals surface area contributed by atoms with Gasteiger partial charge in [0.2, 0.25) is 0 Å². The van der Waals surface area contributed by atoms with Crippen molar-refractivity contribution in [3.63, 3.8) is 0 Å². The van der Waals surface area contributed by atoms with Crippen LogP contribution in [0.25, 0.3) is 44.6 Å². The van der Waals surface area contributed by atoms with Gasteiger partial charge in [0.25, 0.3) is 6.01 Å². The second-order valence-corrected chi connectivity index (χ2v) is 7.27. The van der Waals surface area contributed by atoms with Crippen LogP contribution in [0.5, 0.6) is 5.75 Å². The molecule has 0 unspecified atom stereocenters. The first-order valence-corrected chi connectivity index (χ1v) is 9.48. The van der Waals surface area contributed by atoms with Crippen molar-refractivity contribution >= 4 is 28.1 Å². The van der Waals surface area contributed by atoms with E-state index in [2.05, 4.69) is 26.8 Å². The number of nitrogens with zero attached hydrogens (tertiary/aromatic N) is 5. The molecule has 8 nitrogen and oxygen atoms in total. The molecule has 0 atom stereocenters. The van der Waals surface area contributed by atoms with E-state index < -0.39 is 0 Å². The Morgan fingerprint density at radius 2 is 1.93 bits per heavy atom. The molecule has 0 bridgehead atoms. The third-order valence-electron chi connectivity index (χ3n) is 5.29. The lowest BCUT2D eigenvalue weighted by Crippen LogP contribution is -2.01. The number of nitrogen functional groups attached to an aromatic ring is 1. The molecule has 0 spiro atoms. The molecular formula is C21H18N6O2. The van der Waals surface area contributed by atoms with Crippen LogP contribution in [0.2, 0.25) is 0 Å². The molecule has 144 valence electrons. The van der Waals surface area contributed by atoms with E-state index in [4.69, 9.17) is 19.9 Å². The summed E-state index contributed by atoms with van der Waals surface area (Å²) in [4.78, 5) is 9.22. The average molecular weight is 386 g/mol. The molecule has 2 N–H and O–H groups in total. The van der Waals surface area contributed by atoms with Crippen molar-refractivity contribution in [1.29, 1.82) is 0 Å². The Kier molecular flexibility index (Phi) is 3.26. The predicted octanol–water partition coefficient (Wildman–Crippen LogP) is 3.61. The van der Waals surface area contributed by atoms with Crippen molar-refractivity contribution in [3.8, 4) is 28.3 Å². The van der Waals surface area contributed by atoms with Crippen LogP contribution >= 0.6 is 0 Å². The first-order valence-electron chi connectivity index (χ1n) is 9.48. The minimum absolute atomic E-state index is 0.167. The number of hydrogen-bond acceptors (Lipinski definition) is 6. The number of nitrogens with two attached hydrogens (primary N) is 1. The summed E-state index contributed by atoms with van der Waals surface area (Å²) >= 11 is 0. The van der Waals surface area contributed by atoms with Gasteiger partial charge >= 0.3 is 0 Å². The maximum Gasteiger partial charge on any atom is 0.292 e. The quantitative estimate of drug-likeness (QED) is 0.498. The lowest BCUT2D eigenvalue weighted by atomic mass is 10.1. The van der Waals surface area contributed by atoms with Gasteiger partial charge in [-0.25, -0.2) is 4.98 Å². The highest BCUT2D eigenvalue weighted by molar-refractivity contribution is 5.91. The fraction of sp³-hybridized carbons (Fsp3) is 0.190. The van der Waals surface area contributed by atoms with Gasteiger partial charge in [0.15, 0.2) is 5.58 Å². The molecule has 5 aromatic rings. The fourth-order valence-electron chi connectivity index (χ4n) is 4.00. The molecule has 1 aliphatic heterocycles. The maximum absolute atomic E-state index is 6.08. The number of benzene rings is 2. The van der Waals surface area contributed by atoms with E-state index >= 15 is 0 Å². The summed E-state index contributed by atoms with van der Waals surface area (Å²) < 4.78 is 15.5. The third kappa shape index (κ3) is 2.49. The first-order chi connectivity index (χ1) is 14.2. The third-order valence-corrected chi connectivity index (χ3v) is 5.29. The van der Waals surface area contributed by atoms with Crippen LogP contribution in [0.15, 0.2) is 47.1 Å². The highest BCUT2D eigenvalue weighted by atomic mass is 16.5. The number of hydrogen-bond donors (Lipinski definition) is 1. The van der Waals surface area contributed by atoms with Crippen molar-refractivity contribution in [2.24, 2.45) is 7.05 Å². The van der Waals surface area contributed by atoms with Crippen LogP contribution in [0.4, 0.5) is 6.01 Å². The topological polar surface area (TPSA) is 96.9 Å². The van der Waals surface area contributed by atoms with Crippen LogP contribution in [-0.4, -0.2) is 30.9 Å². The van der Waals surface area contributed by atoms with Gasteiger partial charge in [0.1, 0.15) is 22.6 Å². The lowest BCUT2D eigenvalue weighted by Gasteiger charge is -2.07. The Bertz CT molecular complexity index is 1390. The van der Waals surface area contributed by atoms with Gasteiger partial charge in [0.05, 0.1) is 18.3 Å². The number of ether oxygens (including phenoxy) is 1. The minimum Gasteiger partial charge on any atom is -0.491 e. The molecular weight excluding hydrogens is 368 g/mol. The van der Waals surface area contributed by atoms with Crippen LogP contribution in [0, 0.1) is 0 Å². The summed E-state index contributed by atoms with van der Waals surface area (Å²) in [5, 5.41) is 4.29. The summed E-state index contributed by atoms with van der Waals surface area (Å²) in [5.74, 6) is 1.74. The van der Waals surface area contributed by atoms with Gasteiger partial charge in [0, 0.05) is 30.9 Å². The monoisotopic (exact) mass is 386 g/mol. The van der Waals surface area contributed by atoms with Gasteiger partial charge in [-0.3, -0.25) is 4.68 Å². The molecule has 3 aromatic heterocycles. The predicted molar refractivity (Wildman–Crippen MR) is 109 cm³/mol. The number of oxazole rings is 1. The van der Waals surface area contributed by atoms with Crippen molar-refractivity contribution in [2.45, 2.75) is 13.0 Å². The molecule has 0 saturated carbocycles. The van der Waals surface area contributed by atoms with Gasteiger partial charge in [-0.15, -0.1) is 0 Å². The highest BCUT2D eigenvalue weighted by Crippen LogP contribution is 2.37. The number of anilines is 1. The normalized spacial score (nSPS) is 13.7. The van der Waals surface area contributed by atoms with E-state index in [0.717, 1.165) is 57.8 Å². The van der Waals surface area contributed by atoms with Crippen molar-refractivity contribution in [2.75, 3.05) is 12.3 Å². The molecule has 0 saturated heterocycles. The number of aryl methyl sites for hydroxylation is 2. The molecule has 0 amide bonds. The molecule has 0 aliphatic carbocycles. The number of fused-ring (bicyclic) bond motifs is 1. The summed E-state index contributed by atoms with van der Waals surface area (Å²) in [5.41, 5.74) is 12.1. The summed E-state index contributed by atoms with van der Waals surface area (Å²) in [6, 6.07) is 10.2. The Morgan fingerprint density at radius 3 is 2.79 bits per heavy atom. The minimum atomic E-state index is 0.167. The number of rotatable bonds is 2. The highest BCUT2D eigenvalue weighted by Gasteiger charge is 2.21. The van der Waals surface area contributed by atoms with E-state index in [1.807, 2.05) is 37.6 Å². The standard InChI is InChI=1S/C21H18N6O2/c1-26-11-14(10-23-26)13-8-16-19-18(9-13)28-6-2-5-27(19)20(24-16)12-3-4-17-15(7-12)25-21(22)29-17/h3-4,7-11H,2,5-6H2,1H3,(H2,22,25). The van der Waals surface area contributed by atoms with Crippen LogP contribution in [0.3, 0.4) is 0 Å². The van der Waals surface area contributed by atoms with Crippen molar-refractivity contribution in [1.82, 2.24) is 24.3 Å². The van der Waals surface area contributed by atoms with E-state index in [-0.39, 0.29) is 6.01 Å². The van der Waals surface area contributed by atoms with Crippen molar-refractivity contribution in [3.05, 3.63) is 42.7 Å². The molecule has 4 heterocycles. The molecule has 0 fully saturated rings. The van der Waals surface area contributed by atoms with E-state index in [1.165, 1.54) is 0 Å². The lowest BCUT2D eigenvalue weighted by molar-refractivity contribution is 0.316.